The number of benzene rings is 1. The molecule has 3 heteroatoms. The number of hydrogen-bond donors (Lipinski definition) is 0. The summed E-state index contributed by atoms with van der Waals surface area (Å²) >= 11 is 0. The smallest absolute Gasteiger partial charge is 0.0991 e. The Bertz CT molecular complexity index is 367. The van der Waals surface area contributed by atoms with Gasteiger partial charge in [-0.3, -0.25) is 0 Å². The number of hydrogen-bond acceptors (Lipinski definition) is 3. The van der Waals surface area contributed by atoms with Crippen molar-refractivity contribution in [3.63, 3.8) is 0 Å². The molecule has 1 aromatic rings. The van der Waals surface area contributed by atoms with Crippen molar-refractivity contribution in [1.29, 1.82) is 10.5 Å². The molecule has 0 heterocycles. The van der Waals surface area contributed by atoms with Crippen molar-refractivity contribution in [2.45, 2.75) is 6.42 Å². The summed E-state index contributed by atoms with van der Waals surface area (Å²) in [6.45, 7) is 0.711. The molecule has 0 radical (unpaired) electrons. The lowest BCUT2D eigenvalue weighted by atomic mass is 10.2. The van der Waals surface area contributed by atoms with Crippen molar-refractivity contribution in [3.8, 4) is 12.1 Å². The van der Waals surface area contributed by atoms with E-state index < -0.39 is 0 Å². The van der Waals surface area contributed by atoms with Gasteiger partial charge >= 0.3 is 0 Å². The topological polar surface area (TPSA) is 50.8 Å². The Labute approximate surface area is 83.8 Å². The van der Waals surface area contributed by atoms with Crippen molar-refractivity contribution in [1.82, 2.24) is 0 Å². The predicted octanol–water partition coefficient (Wildman–Crippen LogP) is 1.91. The van der Waals surface area contributed by atoms with E-state index >= 15 is 0 Å². The molecular weight excluding hydrogens is 174 g/mol. The molecule has 0 aliphatic rings. The Kier molecular flexibility index (Phi) is 3.52. The monoisotopic (exact) mass is 185 g/mol. The van der Waals surface area contributed by atoms with E-state index in [1.165, 1.54) is 0 Å². The summed E-state index contributed by atoms with van der Waals surface area (Å²) in [5, 5.41) is 17.0. The number of nitriles is 2. The van der Waals surface area contributed by atoms with Gasteiger partial charge in [-0.25, -0.2) is 0 Å². The molecule has 0 saturated carbocycles. The summed E-state index contributed by atoms with van der Waals surface area (Å²) in [7, 11) is 1.93. The molecule has 0 aliphatic heterocycles. The molecule has 1 rings (SSSR count). The van der Waals surface area contributed by atoms with E-state index in [9.17, 15) is 0 Å². The van der Waals surface area contributed by atoms with Gasteiger partial charge in [0.15, 0.2) is 0 Å². The fourth-order valence-corrected chi connectivity index (χ4v) is 1.14. The van der Waals surface area contributed by atoms with Crippen LogP contribution in [-0.2, 0) is 0 Å². The summed E-state index contributed by atoms with van der Waals surface area (Å²) < 4.78 is 0. The molecule has 3 nitrogen and oxygen atoms in total. The Balaban J connectivity index is 2.68. The van der Waals surface area contributed by atoms with Crippen LogP contribution in [0.3, 0.4) is 0 Å². The molecule has 0 amide bonds. The molecule has 0 spiro atoms. The lowest BCUT2D eigenvalue weighted by molar-refractivity contribution is 0.905. The average Bonchev–Trinajstić information content (AvgIpc) is 2.26. The van der Waals surface area contributed by atoms with Gasteiger partial charge in [-0.1, -0.05) is 0 Å². The van der Waals surface area contributed by atoms with Gasteiger partial charge in [-0.2, -0.15) is 10.5 Å². The van der Waals surface area contributed by atoms with Crippen LogP contribution in [0, 0.1) is 22.7 Å². The molecule has 0 aromatic heterocycles. The molecule has 0 fully saturated rings. The van der Waals surface area contributed by atoms with Gasteiger partial charge < -0.3 is 4.90 Å². The molecular formula is C11H11N3. The van der Waals surface area contributed by atoms with Crippen LogP contribution in [0.5, 0.6) is 0 Å². The minimum absolute atomic E-state index is 0.510. The zero-order chi connectivity index (χ0) is 10.4. The fourth-order valence-electron chi connectivity index (χ4n) is 1.14. The standard InChI is InChI=1S/C11H11N3/c1-14(8-2-7-12)11-5-3-10(9-13)4-6-11/h3-6H,2,8H2,1H3. The van der Waals surface area contributed by atoms with E-state index in [1.54, 1.807) is 12.1 Å². The zero-order valence-corrected chi connectivity index (χ0v) is 8.07. The molecule has 0 bridgehead atoms. The van der Waals surface area contributed by atoms with Crippen LogP contribution in [-0.4, -0.2) is 13.6 Å². The SMILES string of the molecule is CN(CCC#N)c1ccc(C#N)cc1. The second kappa shape index (κ2) is 4.89. The lowest BCUT2D eigenvalue weighted by Gasteiger charge is -2.17. The summed E-state index contributed by atoms with van der Waals surface area (Å²) in [6.07, 6.45) is 0.510. The normalized spacial score (nSPS) is 8.79. The van der Waals surface area contributed by atoms with Crippen LogP contribution < -0.4 is 4.90 Å². The lowest BCUT2D eigenvalue weighted by Crippen LogP contribution is -2.17. The first-order chi connectivity index (χ1) is 6.77. The number of rotatable bonds is 3. The Hall–Kier alpha value is -2.00. The quantitative estimate of drug-likeness (QED) is 0.722. The molecule has 0 aliphatic carbocycles. The Morgan fingerprint density at radius 1 is 1.21 bits per heavy atom. The van der Waals surface area contributed by atoms with Crippen LogP contribution in [0.4, 0.5) is 5.69 Å². The molecule has 70 valence electrons. The van der Waals surface area contributed by atoms with Gasteiger partial charge in [0, 0.05) is 19.3 Å². The average molecular weight is 185 g/mol. The Morgan fingerprint density at radius 3 is 2.36 bits per heavy atom. The summed E-state index contributed by atoms with van der Waals surface area (Å²) in [6, 6.07) is 11.5. The zero-order valence-electron chi connectivity index (χ0n) is 8.07. The molecule has 0 unspecified atom stereocenters. The highest BCUT2D eigenvalue weighted by atomic mass is 15.1. The van der Waals surface area contributed by atoms with Crippen LogP contribution in [0.2, 0.25) is 0 Å². The molecule has 0 atom stereocenters. The van der Waals surface area contributed by atoms with Gasteiger partial charge in [0.1, 0.15) is 0 Å². The van der Waals surface area contributed by atoms with Crippen molar-refractivity contribution in [2.75, 3.05) is 18.5 Å². The van der Waals surface area contributed by atoms with E-state index in [1.807, 2.05) is 24.1 Å². The first-order valence-corrected chi connectivity index (χ1v) is 4.36. The summed E-state index contributed by atoms with van der Waals surface area (Å²) in [5.41, 5.74) is 1.68. The first kappa shape index (κ1) is 10.1. The second-order valence-electron chi connectivity index (χ2n) is 2.99. The maximum atomic E-state index is 8.60. The summed E-state index contributed by atoms with van der Waals surface area (Å²) in [5.74, 6) is 0. The van der Waals surface area contributed by atoms with Crippen LogP contribution in [0.25, 0.3) is 0 Å². The largest absolute Gasteiger partial charge is 0.374 e. The minimum Gasteiger partial charge on any atom is -0.374 e. The highest BCUT2D eigenvalue weighted by molar-refractivity contribution is 5.48. The van der Waals surface area contributed by atoms with E-state index in [2.05, 4.69) is 12.1 Å². The summed E-state index contributed by atoms with van der Waals surface area (Å²) in [4.78, 5) is 1.99. The van der Waals surface area contributed by atoms with E-state index in [0.717, 1.165) is 5.69 Å². The predicted molar refractivity (Wildman–Crippen MR) is 54.7 cm³/mol. The van der Waals surface area contributed by atoms with Gasteiger partial charge in [0.05, 0.1) is 24.1 Å². The third-order valence-electron chi connectivity index (χ3n) is 2.00. The molecule has 0 saturated heterocycles. The van der Waals surface area contributed by atoms with E-state index in [-0.39, 0.29) is 0 Å². The fraction of sp³-hybridized carbons (Fsp3) is 0.273. The molecule has 14 heavy (non-hydrogen) atoms. The van der Waals surface area contributed by atoms with E-state index in [0.29, 0.717) is 18.5 Å². The first-order valence-electron chi connectivity index (χ1n) is 4.36. The number of anilines is 1. The van der Waals surface area contributed by atoms with Crippen molar-refractivity contribution in [2.24, 2.45) is 0 Å². The minimum atomic E-state index is 0.510. The van der Waals surface area contributed by atoms with Gasteiger partial charge in [-0.05, 0) is 24.3 Å². The van der Waals surface area contributed by atoms with Crippen LogP contribution in [0.1, 0.15) is 12.0 Å². The van der Waals surface area contributed by atoms with Crippen molar-refractivity contribution in [3.05, 3.63) is 29.8 Å². The maximum Gasteiger partial charge on any atom is 0.0991 e. The number of nitrogens with zero attached hydrogens (tertiary/aromatic N) is 3. The third-order valence-corrected chi connectivity index (χ3v) is 2.00. The van der Waals surface area contributed by atoms with E-state index in [4.69, 9.17) is 10.5 Å². The molecule has 0 N–H and O–H groups in total. The van der Waals surface area contributed by atoms with Crippen molar-refractivity contribution < 1.29 is 0 Å². The molecule has 1 aromatic carbocycles. The van der Waals surface area contributed by atoms with Gasteiger partial charge in [-0.15, -0.1) is 0 Å². The highest BCUT2D eigenvalue weighted by Crippen LogP contribution is 2.13. The van der Waals surface area contributed by atoms with Crippen molar-refractivity contribution >= 4 is 5.69 Å². The van der Waals surface area contributed by atoms with Gasteiger partial charge in [0.25, 0.3) is 0 Å². The highest BCUT2D eigenvalue weighted by Gasteiger charge is 1.99. The Morgan fingerprint density at radius 2 is 1.86 bits per heavy atom. The van der Waals surface area contributed by atoms with Crippen LogP contribution >= 0.6 is 0 Å². The van der Waals surface area contributed by atoms with Crippen LogP contribution in [0.15, 0.2) is 24.3 Å². The third kappa shape index (κ3) is 2.50. The van der Waals surface area contributed by atoms with Gasteiger partial charge in [0.2, 0.25) is 0 Å². The maximum absolute atomic E-state index is 8.60. The second-order valence-corrected chi connectivity index (χ2v) is 2.99.